The molecule has 2 unspecified atom stereocenters. The summed E-state index contributed by atoms with van der Waals surface area (Å²) in [5.74, 6) is 1.91. The molecule has 184 valence electrons. The van der Waals surface area contributed by atoms with Crippen molar-refractivity contribution in [3.63, 3.8) is 0 Å². The van der Waals surface area contributed by atoms with Gasteiger partial charge in [-0.2, -0.15) is 0 Å². The summed E-state index contributed by atoms with van der Waals surface area (Å²) in [6.07, 6.45) is -0.323. The fraction of sp³-hybridized carbons (Fsp3) is 0.200. The highest BCUT2D eigenvalue weighted by molar-refractivity contribution is 5.94. The van der Waals surface area contributed by atoms with Gasteiger partial charge in [-0.25, -0.2) is 4.98 Å². The number of para-hydroxylation sites is 1. The second-order valence-electron chi connectivity index (χ2n) is 9.73. The van der Waals surface area contributed by atoms with Gasteiger partial charge in [0.1, 0.15) is 18.0 Å². The molecule has 4 heterocycles. The minimum Gasteiger partial charge on any atom is -0.454 e. The molecular formula is C30H25N3O4. The Balaban J connectivity index is 1.15. The van der Waals surface area contributed by atoms with E-state index in [1.165, 1.54) is 0 Å². The van der Waals surface area contributed by atoms with Crippen molar-refractivity contribution in [3.8, 4) is 22.6 Å². The van der Waals surface area contributed by atoms with Crippen LogP contribution in [0.3, 0.4) is 0 Å². The van der Waals surface area contributed by atoms with Crippen molar-refractivity contribution in [1.82, 2.24) is 10.3 Å². The quantitative estimate of drug-likeness (QED) is 0.411. The van der Waals surface area contributed by atoms with Gasteiger partial charge in [-0.3, -0.25) is 4.79 Å². The number of nitrogen functional groups attached to an aromatic ring is 1. The molecule has 2 atom stereocenters. The lowest BCUT2D eigenvalue weighted by molar-refractivity contribution is 0.0857. The Labute approximate surface area is 214 Å². The predicted molar refractivity (Wildman–Crippen MR) is 139 cm³/mol. The number of hydrogen-bond acceptors (Lipinski definition) is 6. The van der Waals surface area contributed by atoms with Crippen LogP contribution in [0.5, 0.6) is 11.5 Å². The lowest BCUT2D eigenvalue weighted by atomic mass is 9.83. The molecule has 3 aromatic carbocycles. The van der Waals surface area contributed by atoms with Gasteiger partial charge in [-0.15, -0.1) is 0 Å². The number of rotatable bonds is 4. The maximum absolute atomic E-state index is 13.0. The van der Waals surface area contributed by atoms with Crippen LogP contribution in [0.15, 0.2) is 60.7 Å². The molecule has 0 fully saturated rings. The van der Waals surface area contributed by atoms with E-state index in [9.17, 15) is 4.79 Å². The normalized spacial score (nSPS) is 18.0. The molecule has 7 rings (SSSR count). The number of aromatic nitrogens is 1. The fourth-order valence-electron chi connectivity index (χ4n) is 5.74. The van der Waals surface area contributed by atoms with E-state index >= 15 is 0 Å². The van der Waals surface area contributed by atoms with Gasteiger partial charge in [0.15, 0.2) is 11.5 Å². The summed E-state index contributed by atoms with van der Waals surface area (Å²) in [6, 6.07) is 20.0. The lowest BCUT2D eigenvalue weighted by Gasteiger charge is -2.18. The van der Waals surface area contributed by atoms with Crippen molar-refractivity contribution < 1.29 is 19.0 Å². The summed E-state index contributed by atoms with van der Waals surface area (Å²) in [5.41, 5.74) is 15.8. The van der Waals surface area contributed by atoms with Crippen LogP contribution in [0.25, 0.3) is 11.1 Å². The Morgan fingerprint density at radius 3 is 2.57 bits per heavy atom. The van der Waals surface area contributed by atoms with Crippen LogP contribution in [-0.2, 0) is 11.3 Å². The number of carbonyl (C=O) groups excluding carboxylic acids is 1. The van der Waals surface area contributed by atoms with Crippen molar-refractivity contribution in [2.45, 2.75) is 32.6 Å². The highest BCUT2D eigenvalue weighted by atomic mass is 16.7. The summed E-state index contributed by atoms with van der Waals surface area (Å²) in [4.78, 5) is 17.4. The van der Waals surface area contributed by atoms with Crippen LogP contribution < -0.4 is 20.5 Å². The number of hydrogen-bond donors (Lipinski definition) is 2. The van der Waals surface area contributed by atoms with Gasteiger partial charge in [-0.05, 0) is 83.1 Å². The van der Waals surface area contributed by atoms with E-state index in [1.54, 1.807) is 0 Å². The Kier molecular flexibility index (Phi) is 4.78. The highest BCUT2D eigenvalue weighted by Gasteiger charge is 2.43. The topological polar surface area (TPSA) is 95.7 Å². The number of pyridine rings is 1. The largest absolute Gasteiger partial charge is 0.454 e. The first kappa shape index (κ1) is 21.9. The van der Waals surface area contributed by atoms with E-state index in [0.29, 0.717) is 17.9 Å². The van der Waals surface area contributed by atoms with Crippen molar-refractivity contribution >= 4 is 11.7 Å². The van der Waals surface area contributed by atoms with Crippen LogP contribution >= 0.6 is 0 Å². The number of anilines is 1. The molecule has 37 heavy (non-hydrogen) atoms. The number of benzene rings is 3. The number of amides is 1. The molecule has 0 radical (unpaired) electrons. The summed E-state index contributed by atoms with van der Waals surface area (Å²) in [7, 11) is 0. The van der Waals surface area contributed by atoms with Gasteiger partial charge in [0.05, 0.1) is 0 Å². The van der Waals surface area contributed by atoms with Crippen LogP contribution in [0.4, 0.5) is 5.82 Å². The summed E-state index contributed by atoms with van der Waals surface area (Å²) >= 11 is 0. The van der Waals surface area contributed by atoms with Crippen LogP contribution in [0.2, 0.25) is 0 Å². The minimum absolute atomic E-state index is 0.128. The molecule has 0 saturated heterocycles. The number of nitrogens with zero attached hydrogens (tertiary/aromatic N) is 1. The van der Waals surface area contributed by atoms with Crippen LogP contribution in [0.1, 0.15) is 61.6 Å². The number of carbonyl (C=O) groups is 1. The van der Waals surface area contributed by atoms with Gasteiger partial charge in [0, 0.05) is 23.4 Å². The fourth-order valence-corrected chi connectivity index (χ4v) is 5.74. The Morgan fingerprint density at radius 1 is 0.973 bits per heavy atom. The van der Waals surface area contributed by atoms with Gasteiger partial charge in [0.25, 0.3) is 5.91 Å². The second kappa shape index (κ2) is 8.08. The first-order chi connectivity index (χ1) is 18.0. The Morgan fingerprint density at radius 2 is 1.76 bits per heavy atom. The summed E-state index contributed by atoms with van der Waals surface area (Å²) in [5, 5.41) is 3.03. The Hall–Kier alpha value is -4.36. The average molecular weight is 492 g/mol. The zero-order valence-corrected chi connectivity index (χ0v) is 20.5. The molecular weight excluding hydrogens is 466 g/mol. The first-order valence-corrected chi connectivity index (χ1v) is 12.3. The number of ether oxygens (including phenoxy) is 3. The minimum atomic E-state index is -0.177. The van der Waals surface area contributed by atoms with Crippen LogP contribution in [0, 0.1) is 13.8 Å². The Bertz CT molecular complexity index is 1590. The lowest BCUT2D eigenvalue weighted by Crippen LogP contribution is -2.24. The van der Waals surface area contributed by atoms with Gasteiger partial charge in [0.2, 0.25) is 6.79 Å². The highest BCUT2D eigenvalue weighted by Crippen LogP contribution is 2.55. The number of aryl methyl sites for hydroxylation is 2. The van der Waals surface area contributed by atoms with Crippen LogP contribution in [-0.4, -0.2) is 17.7 Å². The molecule has 0 saturated carbocycles. The van der Waals surface area contributed by atoms with E-state index in [2.05, 4.69) is 28.5 Å². The van der Waals surface area contributed by atoms with Gasteiger partial charge >= 0.3 is 0 Å². The van der Waals surface area contributed by atoms with Crippen molar-refractivity contribution in [1.29, 1.82) is 0 Å². The molecule has 3 aliphatic rings. The maximum atomic E-state index is 13.0. The molecule has 7 nitrogen and oxygen atoms in total. The molecule has 4 aromatic rings. The summed E-state index contributed by atoms with van der Waals surface area (Å²) < 4.78 is 17.7. The molecule has 0 aliphatic carbocycles. The third-order valence-corrected chi connectivity index (χ3v) is 7.55. The van der Waals surface area contributed by atoms with Gasteiger partial charge < -0.3 is 25.3 Å². The molecule has 2 bridgehead atoms. The molecule has 1 aromatic heterocycles. The zero-order valence-electron chi connectivity index (χ0n) is 20.5. The van der Waals surface area contributed by atoms with Gasteiger partial charge in [-0.1, -0.05) is 30.3 Å². The molecule has 0 spiro atoms. The van der Waals surface area contributed by atoms with E-state index in [-0.39, 0.29) is 24.9 Å². The third kappa shape index (κ3) is 3.38. The molecule has 7 heteroatoms. The zero-order chi connectivity index (χ0) is 25.3. The molecule has 1 amide bonds. The smallest absolute Gasteiger partial charge is 0.251 e. The number of fused-ring (bicyclic) bond motifs is 9. The molecule has 3 aliphatic heterocycles. The van der Waals surface area contributed by atoms with E-state index in [4.69, 9.17) is 19.9 Å². The van der Waals surface area contributed by atoms with E-state index < -0.39 is 0 Å². The first-order valence-electron chi connectivity index (χ1n) is 12.3. The SMILES string of the molecule is Cc1cc(N)nc(C)c1CNC(=O)c1ccc2c(c1)C1OC2c2cc(-c3cccc4c3OCO4)ccc21. The molecule has 3 N–H and O–H groups in total. The third-order valence-electron chi connectivity index (χ3n) is 7.55. The number of nitrogens with two attached hydrogens (primary N) is 1. The standard InChI is InChI=1S/C30H25N3O4/c1-15-10-26(31)33-16(2)24(15)13-32-30(34)18-7-9-21-23(12-18)28-20-8-6-17(11-22(20)27(21)37-28)19-4-3-5-25-29(19)36-14-35-25/h3-12,27-28H,13-14H2,1-2H3,(H2,31,33)(H,32,34). The van der Waals surface area contributed by atoms with E-state index in [1.807, 2.05) is 56.3 Å². The van der Waals surface area contributed by atoms with Crippen molar-refractivity contribution in [3.05, 3.63) is 105 Å². The van der Waals surface area contributed by atoms with Crippen molar-refractivity contribution in [2.24, 2.45) is 0 Å². The number of nitrogens with one attached hydrogen (secondary N) is 1. The van der Waals surface area contributed by atoms with E-state index in [0.717, 1.165) is 61.7 Å². The monoisotopic (exact) mass is 491 g/mol. The van der Waals surface area contributed by atoms with Crippen molar-refractivity contribution in [2.75, 3.05) is 12.5 Å². The average Bonchev–Trinajstić information content (AvgIpc) is 3.61. The maximum Gasteiger partial charge on any atom is 0.251 e. The summed E-state index contributed by atoms with van der Waals surface area (Å²) in [6.45, 7) is 4.52. The second-order valence-corrected chi connectivity index (χ2v) is 9.73. The predicted octanol–water partition coefficient (Wildman–Crippen LogP) is 5.13.